The maximum atomic E-state index is 4.82. The first-order valence-electron chi connectivity index (χ1n) is 8.94. The molecule has 1 saturated heterocycles. The van der Waals surface area contributed by atoms with Gasteiger partial charge in [-0.2, -0.15) is 5.10 Å². The molecule has 1 fully saturated rings. The van der Waals surface area contributed by atoms with Crippen LogP contribution in [-0.2, 0) is 6.54 Å². The van der Waals surface area contributed by atoms with E-state index in [0.29, 0.717) is 0 Å². The number of benzene rings is 1. The topological polar surface area (TPSA) is 24.3 Å². The fourth-order valence-corrected chi connectivity index (χ4v) is 3.89. The predicted octanol–water partition coefficient (Wildman–Crippen LogP) is 3.18. The summed E-state index contributed by atoms with van der Waals surface area (Å²) in [5, 5.41) is 4.82. The van der Waals surface area contributed by atoms with Crippen LogP contribution in [0, 0.1) is 26.7 Å². The van der Waals surface area contributed by atoms with Crippen LogP contribution >= 0.6 is 0 Å². The molecule has 0 bridgehead atoms. The van der Waals surface area contributed by atoms with Gasteiger partial charge in [0.15, 0.2) is 0 Å². The molecule has 130 valence electrons. The van der Waals surface area contributed by atoms with Gasteiger partial charge in [0.2, 0.25) is 0 Å². The molecule has 3 rings (SSSR count). The molecule has 0 radical (unpaired) electrons. The summed E-state index contributed by atoms with van der Waals surface area (Å²) in [6.07, 6.45) is 1.32. The summed E-state index contributed by atoms with van der Waals surface area (Å²) in [5.41, 5.74) is 6.22. The van der Waals surface area contributed by atoms with Crippen LogP contribution in [0.3, 0.4) is 0 Å². The molecule has 4 nitrogen and oxygen atoms in total. The number of hydrogen-bond acceptors (Lipinski definition) is 3. The minimum Gasteiger partial charge on any atom is -0.306 e. The molecule has 1 aromatic carbocycles. The highest BCUT2D eigenvalue weighted by atomic mass is 15.3. The first kappa shape index (κ1) is 17.2. The number of nitrogens with zero attached hydrogens (tertiary/aromatic N) is 4. The minimum atomic E-state index is 0.798. The van der Waals surface area contributed by atoms with Crippen molar-refractivity contribution >= 4 is 0 Å². The van der Waals surface area contributed by atoms with Gasteiger partial charge in [-0.05, 0) is 65.4 Å². The van der Waals surface area contributed by atoms with E-state index in [9.17, 15) is 0 Å². The average Bonchev–Trinajstić information content (AvgIpc) is 3.06. The molecule has 0 aliphatic carbocycles. The number of para-hydroxylation sites is 1. The first-order valence-corrected chi connectivity index (χ1v) is 8.94. The Bertz CT molecular complexity index is 704. The van der Waals surface area contributed by atoms with E-state index < -0.39 is 0 Å². The smallest absolute Gasteiger partial charge is 0.0678 e. The summed E-state index contributed by atoms with van der Waals surface area (Å²) in [6.45, 7) is 11.1. The molecule has 0 amide bonds. The Morgan fingerprint density at radius 3 is 2.62 bits per heavy atom. The summed E-state index contributed by atoms with van der Waals surface area (Å²) in [4.78, 5) is 4.90. The third-order valence-electron chi connectivity index (χ3n) is 5.27. The van der Waals surface area contributed by atoms with Crippen molar-refractivity contribution in [1.82, 2.24) is 19.6 Å². The van der Waals surface area contributed by atoms with Crippen molar-refractivity contribution in [3.63, 3.8) is 0 Å². The zero-order chi connectivity index (χ0) is 17.3. The highest BCUT2D eigenvalue weighted by Crippen LogP contribution is 2.22. The van der Waals surface area contributed by atoms with Gasteiger partial charge in [-0.1, -0.05) is 18.2 Å². The van der Waals surface area contributed by atoms with E-state index in [1.165, 1.54) is 48.6 Å². The third-order valence-corrected chi connectivity index (χ3v) is 5.27. The molecule has 4 heteroatoms. The molecule has 2 heterocycles. The number of aryl methyl sites for hydroxylation is 2. The van der Waals surface area contributed by atoms with Crippen LogP contribution in [0.1, 0.15) is 28.9 Å². The van der Waals surface area contributed by atoms with Crippen molar-refractivity contribution in [3.8, 4) is 5.69 Å². The summed E-state index contributed by atoms with van der Waals surface area (Å²) < 4.78 is 2.11. The fraction of sp³-hybridized carbons (Fsp3) is 0.550. The molecule has 1 atom stereocenters. The number of likely N-dealkylation sites (tertiary alicyclic amines) is 1. The molecule has 0 unspecified atom stereocenters. The van der Waals surface area contributed by atoms with Gasteiger partial charge >= 0.3 is 0 Å². The lowest BCUT2D eigenvalue weighted by Gasteiger charge is -2.21. The van der Waals surface area contributed by atoms with E-state index in [-0.39, 0.29) is 0 Å². The van der Waals surface area contributed by atoms with Gasteiger partial charge in [-0.25, -0.2) is 4.68 Å². The molecular weight excluding hydrogens is 296 g/mol. The summed E-state index contributed by atoms with van der Waals surface area (Å²) in [7, 11) is 4.46. The predicted molar refractivity (Wildman–Crippen MR) is 99.7 cm³/mol. The average molecular weight is 326 g/mol. The fourth-order valence-electron chi connectivity index (χ4n) is 3.89. The zero-order valence-corrected chi connectivity index (χ0v) is 15.7. The molecule has 0 N–H and O–H groups in total. The van der Waals surface area contributed by atoms with E-state index in [0.717, 1.165) is 18.2 Å². The lowest BCUT2D eigenvalue weighted by Crippen LogP contribution is -2.27. The molecule has 0 saturated carbocycles. The van der Waals surface area contributed by atoms with E-state index in [1.807, 2.05) is 0 Å². The Hall–Kier alpha value is -1.65. The van der Waals surface area contributed by atoms with E-state index in [1.54, 1.807) is 0 Å². The second-order valence-corrected chi connectivity index (χ2v) is 7.46. The lowest BCUT2D eigenvalue weighted by molar-refractivity contribution is 0.266. The Labute approximate surface area is 146 Å². The van der Waals surface area contributed by atoms with Crippen LogP contribution in [0.2, 0.25) is 0 Å². The van der Waals surface area contributed by atoms with Gasteiger partial charge in [0.1, 0.15) is 0 Å². The highest BCUT2D eigenvalue weighted by molar-refractivity contribution is 5.42. The molecule has 1 aliphatic heterocycles. The van der Waals surface area contributed by atoms with Crippen molar-refractivity contribution in [2.45, 2.75) is 33.7 Å². The molecule has 0 spiro atoms. The molecule has 1 aliphatic rings. The first-order chi connectivity index (χ1) is 11.5. The molecule has 1 aromatic heterocycles. The van der Waals surface area contributed by atoms with E-state index in [2.05, 4.69) is 73.6 Å². The maximum Gasteiger partial charge on any atom is 0.0678 e. The SMILES string of the molecule is Cc1ccccc1-n1nc(C)c(CN(C)C[C@@H]2CCN(C)C2)c1C. The van der Waals surface area contributed by atoms with Crippen LogP contribution in [0.25, 0.3) is 5.69 Å². The normalized spacial score (nSPS) is 18.7. The van der Waals surface area contributed by atoms with Crippen molar-refractivity contribution in [2.75, 3.05) is 33.7 Å². The van der Waals surface area contributed by atoms with Crippen molar-refractivity contribution in [1.29, 1.82) is 0 Å². The maximum absolute atomic E-state index is 4.82. The second-order valence-electron chi connectivity index (χ2n) is 7.46. The monoisotopic (exact) mass is 326 g/mol. The van der Waals surface area contributed by atoms with Crippen LogP contribution in [0.5, 0.6) is 0 Å². The van der Waals surface area contributed by atoms with Crippen LogP contribution < -0.4 is 0 Å². The summed E-state index contributed by atoms with van der Waals surface area (Å²) >= 11 is 0. The largest absolute Gasteiger partial charge is 0.306 e. The van der Waals surface area contributed by atoms with Crippen LogP contribution in [0.15, 0.2) is 24.3 Å². The summed E-state index contributed by atoms with van der Waals surface area (Å²) in [6, 6.07) is 8.46. The highest BCUT2D eigenvalue weighted by Gasteiger charge is 2.22. The minimum absolute atomic E-state index is 0.798. The number of hydrogen-bond donors (Lipinski definition) is 0. The quantitative estimate of drug-likeness (QED) is 0.843. The second kappa shape index (κ2) is 7.08. The summed E-state index contributed by atoms with van der Waals surface area (Å²) in [5.74, 6) is 0.798. The van der Waals surface area contributed by atoms with Crippen molar-refractivity contribution in [2.24, 2.45) is 5.92 Å². The molecule has 24 heavy (non-hydrogen) atoms. The number of aromatic nitrogens is 2. The van der Waals surface area contributed by atoms with Gasteiger partial charge in [0.25, 0.3) is 0 Å². The zero-order valence-electron chi connectivity index (χ0n) is 15.7. The van der Waals surface area contributed by atoms with Crippen LogP contribution in [0.4, 0.5) is 0 Å². The van der Waals surface area contributed by atoms with Gasteiger partial charge in [-0.3, -0.25) is 0 Å². The van der Waals surface area contributed by atoms with Gasteiger partial charge in [-0.15, -0.1) is 0 Å². The standard InChI is InChI=1S/C20H30N4/c1-15-8-6-7-9-20(15)24-17(3)19(16(2)21-24)14-23(5)13-18-10-11-22(4)12-18/h6-9,18H,10-14H2,1-5H3/t18-/m1/s1. The van der Waals surface area contributed by atoms with Crippen molar-refractivity contribution in [3.05, 3.63) is 46.8 Å². The Kier molecular flexibility index (Phi) is 5.07. The van der Waals surface area contributed by atoms with Gasteiger partial charge < -0.3 is 9.80 Å². The number of rotatable bonds is 5. The lowest BCUT2D eigenvalue weighted by atomic mass is 10.1. The molecular formula is C20H30N4. The van der Waals surface area contributed by atoms with Gasteiger partial charge in [0, 0.05) is 30.9 Å². The molecule has 2 aromatic rings. The Balaban J connectivity index is 1.76. The van der Waals surface area contributed by atoms with E-state index >= 15 is 0 Å². The Morgan fingerprint density at radius 1 is 1.21 bits per heavy atom. The van der Waals surface area contributed by atoms with Crippen LogP contribution in [-0.4, -0.2) is 53.3 Å². The van der Waals surface area contributed by atoms with Gasteiger partial charge in [0.05, 0.1) is 11.4 Å². The Morgan fingerprint density at radius 2 is 1.96 bits per heavy atom. The third kappa shape index (κ3) is 3.55. The van der Waals surface area contributed by atoms with E-state index in [4.69, 9.17) is 5.10 Å². The van der Waals surface area contributed by atoms with Crippen molar-refractivity contribution < 1.29 is 0 Å².